The first-order valence-corrected chi connectivity index (χ1v) is 5.12. The Morgan fingerprint density at radius 2 is 1.95 bits per heavy atom. The zero-order valence-electron chi connectivity index (χ0n) is 9.67. The number of rotatable bonds is 4. The minimum atomic E-state index is -4.99. The Hall–Kier alpha value is -1.86. The van der Waals surface area contributed by atoms with Crippen molar-refractivity contribution in [1.29, 1.82) is 0 Å². The van der Waals surface area contributed by atoms with E-state index in [1.54, 1.807) is 5.32 Å². The Bertz CT molecular complexity index is 447. The second-order valence-corrected chi connectivity index (χ2v) is 3.64. The standard InChI is InChI=1S/C11H10F5NO2/c1-6(17-9(18)11(14,15)16)7-3-2-4-8(5-7)19-10(12)13/h2-6,10H,1H3,(H,17,18). The van der Waals surface area contributed by atoms with Gasteiger partial charge in [-0.15, -0.1) is 0 Å². The molecular weight excluding hydrogens is 273 g/mol. The second kappa shape index (κ2) is 5.85. The molecule has 8 heteroatoms. The van der Waals surface area contributed by atoms with Gasteiger partial charge >= 0.3 is 18.7 Å². The van der Waals surface area contributed by atoms with E-state index in [4.69, 9.17) is 0 Å². The minimum Gasteiger partial charge on any atom is -0.435 e. The molecule has 0 heterocycles. The number of amides is 1. The summed E-state index contributed by atoms with van der Waals surface area (Å²) >= 11 is 0. The fourth-order valence-corrected chi connectivity index (χ4v) is 1.32. The molecule has 0 bridgehead atoms. The van der Waals surface area contributed by atoms with Gasteiger partial charge in [-0.2, -0.15) is 22.0 Å². The topological polar surface area (TPSA) is 38.3 Å². The van der Waals surface area contributed by atoms with Gasteiger partial charge in [-0.3, -0.25) is 4.79 Å². The fourth-order valence-electron chi connectivity index (χ4n) is 1.32. The van der Waals surface area contributed by atoms with Crippen LogP contribution in [0.5, 0.6) is 5.75 Å². The Balaban J connectivity index is 2.77. The molecule has 0 saturated heterocycles. The van der Waals surface area contributed by atoms with Crippen LogP contribution >= 0.6 is 0 Å². The normalized spacial score (nSPS) is 13.2. The van der Waals surface area contributed by atoms with Crippen LogP contribution in [0.3, 0.4) is 0 Å². The average Bonchev–Trinajstić information content (AvgIpc) is 2.27. The molecule has 0 aliphatic rings. The number of carbonyl (C=O) groups is 1. The summed E-state index contributed by atoms with van der Waals surface area (Å²) in [4.78, 5) is 10.7. The predicted molar refractivity (Wildman–Crippen MR) is 55.7 cm³/mol. The second-order valence-electron chi connectivity index (χ2n) is 3.64. The molecule has 0 fully saturated rings. The van der Waals surface area contributed by atoms with Crippen molar-refractivity contribution in [2.45, 2.75) is 25.8 Å². The molecule has 0 aromatic heterocycles. The van der Waals surface area contributed by atoms with Crippen molar-refractivity contribution in [1.82, 2.24) is 5.32 Å². The first-order valence-electron chi connectivity index (χ1n) is 5.12. The average molecular weight is 283 g/mol. The summed E-state index contributed by atoms with van der Waals surface area (Å²) in [6, 6.07) is 4.10. The smallest absolute Gasteiger partial charge is 0.435 e. The maximum atomic E-state index is 12.0. The van der Waals surface area contributed by atoms with E-state index < -0.39 is 24.7 Å². The van der Waals surface area contributed by atoms with Gasteiger partial charge in [-0.05, 0) is 24.6 Å². The monoisotopic (exact) mass is 283 g/mol. The highest BCUT2D eigenvalue weighted by molar-refractivity contribution is 5.82. The van der Waals surface area contributed by atoms with Crippen LogP contribution in [0, 0.1) is 0 Å². The van der Waals surface area contributed by atoms with Crippen molar-refractivity contribution < 1.29 is 31.5 Å². The Morgan fingerprint density at radius 3 is 2.47 bits per heavy atom. The summed E-state index contributed by atoms with van der Waals surface area (Å²) in [7, 11) is 0. The van der Waals surface area contributed by atoms with Gasteiger partial charge in [-0.1, -0.05) is 12.1 Å². The van der Waals surface area contributed by atoms with Crippen molar-refractivity contribution in [2.24, 2.45) is 0 Å². The molecular formula is C11H10F5NO2. The zero-order chi connectivity index (χ0) is 14.6. The fraction of sp³-hybridized carbons (Fsp3) is 0.364. The van der Waals surface area contributed by atoms with Crippen LogP contribution in [-0.4, -0.2) is 18.7 Å². The molecule has 0 radical (unpaired) electrons. The summed E-state index contributed by atoms with van der Waals surface area (Å²) in [6.45, 7) is -1.74. The molecule has 1 aromatic carbocycles. The largest absolute Gasteiger partial charge is 0.471 e. The third kappa shape index (κ3) is 4.72. The van der Waals surface area contributed by atoms with Gasteiger partial charge in [0.25, 0.3) is 0 Å². The molecule has 0 aliphatic heterocycles. The number of benzene rings is 1. The van der Waals surface area contributed by atoms with Crippen molar-refractivity contribution in [2.75, 3.05) is 0 Å². The lowest BCUT2D eigenvalue weighted by Crippen LogP contribution is -2.38. The van der Waals surface area contributed by atoms with Crippen molar-refractivity contribution in [3.8, 4) is 5.75 Å². The van der Waals surface area contributed by atoms with Crippen molar-refractivity contribution in [3.63, 3.8) is 0 Å². The Kier molecular flexibility index (Phi) is 4.68. The summed E-state index contributed by atoms with van der Waals surface area (Å²) in [5.74, 6) is -2.29. The van der Waals surface area contributed by atoms with E-state index >= 15 is 0 Å². The van der Waals surface area contributed by atoms with E-state index in [1.807, 2.05) is 0 Å². The predicted octanol–water partition coefficient (Wildman–Crippen LogP) is 3.03. The van der Waals surface area contributed by atoms with Crippen LogP contribution in [0.15, 0.2) is 24.3 Å². The highest BCUT2D eigenvalue weighted by Crippen LogP contribution is 2.22. The van der Waals surface area contributed by atoms with Gasteiger partial charge in [0.05, 0.1) is 6.04 Å². The lowest BCUT2D eigenvalue weighted by Gasteiger charge is -2.16. The number of alkyl halides is 5. The lowest BCUT2D eigenvalue weighted by molar-refractivity contribution is -0.174. The van der Waals surface area contributed by atoms with Gasteiger partial charge < -0.3 is 10.1 Å². The van der Waals surface area contributed by atoms with Crippen LogP contribution in [0.4, 0.5) is 22.0 Å². The van der Waals surface area contributed by atoms with E-state index in [0.29, 0.717) is 0 Å². The third-order valence-electron chi connectivity index (χ3n) is 2.19. The van der Waals surface area contributed by atoms with E-state index in [1.165, 1.54) is 25.1 Å². The highest BCUT2D eigenvalue weighted by Gasteiger charge is 2.39. The number of nitrogens with one attached hydrogen (secondary N) is 1. The van der Waals surface area contributed by atoms with E-state index in [2.05, 4.69) is 4.74 Å². The maximum Gasteiger partial charge on any atom is 0.471 e. The molecule has 106 valence electrons. The van der Waals surface area contributed by atoms with Crippen LogP contribution in [0.1, 0.15) is 18.5 Å². The summed E-state index contributed by atoms with van der Waals surface area (Å²) < 4.78 is 64.2. The molecule has 3 nitrogen and oxygen atoms in total. The van der Waals surface area contributed by atoms with Gasteiger partial charge in [-0.25, -0.2) is 0 Å². The number of hydrogen-bond donors (Lipinski definition) is 1. The van der Waals surface area contributed by atoms with E-state index in [0.717, 1.165) is 6.07 Å². The maximum absolute atomic E-state index is 12.0. The first-order chi connectivity index (χ1) is 8.70. The number of ether oxygens (including phenoxy) is 1. The molecule has 19 heavy (non-hydrogen) atoms. The molecule has 1 amide bonds. The highest BCUT2D eigenvalue weighted by atomic mass is 19.4. The molecule has 1 atom stereocenters. The molecule has 0 saturated carbocycles. The van der Waals surface area contributed by atoms with Gasteiger partial charge in [0.15, 0.2) is 0 Å². The number of halogens is 5. The third-order valence-corrected chi connectivity index (χ3v) is 2.19. The van der Waals surface area contributed by atoms with Gasteiger partial charge in [0.1, 0.15) is 5.75 Å². The van der Waals surface area contributed by atoms with Crippen molar-refractivity contribution in [3.05, 3.63) is 29.8 Å². The summed E-state index contributed by atoms with van der Waals surface area (Å²) in [5.41, 5.74) is 0.218. The Labute approximate surface area is 105 Å². The molecule has 1 aromatic rings. The van der Waals surface area contributed by atoms with Crippen LogP contribution in [0.25, 0.3) is 0 Å². The number of hydrogen-bond acceptors (Lipinski definition) is 2. The Morgan fingerprint density at radius 1 is 1.32 bits per heavy atom. The van der Waals surface area contributed by atoms with Crippen LogP contribution in [0.2, 0.25) is 0 Å². The van der Waals surface area contributed by atoms with Gasteiger partial charge in [0, 0.05) is 0 Å². The molecule has 1 unspecified atom stereocenters. The lowest BCUT2D eigenvalue weighted by atomic mass is 10.1. The van der Waals surface area contributed by atoms with Crippen molar-refractivity contribution >= 4 is 5.91 Å². The van der Waals surface area contributed by atoms with E-state index in [9.17, 15) is 26.7 Å². The minimum absolute atomic E-state index is 0.194. The van der Waals surface area contributed by atoms with E-state index in [-0.39, 0.29) is 11.3 Å². The van der Waals surface area contributed by atoms with Gasteiger partial charge in [0.2, 0.25) is 0 Å². The SMILES string of the molecule is CC(NC(=O)C(F)(F)F)c1cccc(OC(F)F)c1. The molecule has 1 N–H and O–H groups in total. The summed E-state index contributed by atoms with van der Waals surface area (Å²) in [5, 5.41) is 1.71. The summed E-state index contributed by atoms with van der Waals surface area (Å²) in [6.07, 6.45) is -4.99. The molecule has 1 rings (SSSR count). The number of carbonyl (C=O) groups excluding carboxylic acids is 1. The quantitative estimate of drug-likeness (QED) is 0.863. The first kappa shape index (κ1) is 15.2. The molecule has 0 aliphatic carbocycles. The van der Waals surface area contributed by atoms with Crippen LogP contribution in [-0.2, 0) is 4.79 Å². The molecule has 0 spiro atoms. The zero-order valence-corrected chi connectivity index (χ0v) is 9.67. The van der Waals surface area contributed by atoms with Crippen LogP contribution < -0.4 is 10.1 Å².